The van der Waals surface area contributed by atoms with Crippen molar-refractivity contribution in [3.8, 4) is 5.75 Å². The number of rotatable bonds is 6. The first kappa shape index (κ1) is 20.0. The van der Waals surface area contributed by atoms with Gasteiger partial charge in [-0.25, -0.2) is 4.79 Å². The Labute approximate surface area is 159 Å². The maximum absolute atomic E-state index is 12.6. The summed E-state index contributed by atoms with van der Waals surface area (Å²) in [6, 6.07) is 8.03. The molecule has 0 aliphatic heterocycles. The topological polar surface area (TPSA) is 110 Å². The van der Waals surface area contributed by atoms with Crippen molar-refractivity contribution in [1.82, 2.24) is 9.88 Å². The van der Waals surface area contributed by atoms with E-state index in [1.807, 2.05) is 0 Å². The summed E-state index contributed by atoms with van der Waals surface area (Å²) in [7, 11) is 5.77. The fourth-order valence-electron chi connectivity index (χ4n) is 1.96. The van der Waals surface area contributed by atoms with Gasteiger partial charge in [0.1, 0.15) is 10.6 Å². The molecular formula is C17H18N4O5S. The Morgan fingerprint density at radius 1 is 1.22 bits per heavy atom. The second kappa shape index (κ2) is 8.90. The molecular weight excluding hydrogens is 372 g/mol. The number of ether oxygens (including phenoxy) is 2. The third kappa shape index (κ3) is 4.88. The lowest BCUT2D eigenvalue weighted by atomic mass is 10.3. The SMILES string of the molecule is COC(=O)c1cc(=O)nc(/C(=N/Nc2ccccc2OC)C(=O)N(C)C)s1. The second-order valence-corrected chi connectivity index (χ2v) is 6.36. The highest BCUT2D eigenvalue weighted by molar-refractivity contribution is 7.16. The average molecular weight is 390 g/mol. The van der Waals surface area contributed by atoms with Crippen LogP contribution in [0, 0.1) is 0 Å². The molecule has 1 aromatic heterocycles. The van der Waals surface area contributed by atoms with Crippen LogP contribution < -0.4 is 15.7 Å². The van der Waals surface area contributed by atoms with E-state index in [9.17, 15) is 14.4 Å². The first-order chi connectivity index (χ1) is 12.9. The number of nitrogens with one attached hydrogen (secondary N) is 1. The van der Waals surface area contributed by atoms with Gasteiger partial charge in [-0.05, 0) is 12.1 Å². The zero-order chi connectivity index (χ0) is 20.0. The van der Waals surface area contributed by atoms with E-state index in [1.54, 1.807) is 24.3 Å². The molecule has 0 bridgehead atoms. The summed E-state index contributed by atoms with van der Waals surface area (Å²) in [5.74, 6) is -0.681. The minimum atomic E-state index is -0.699. The molecule has 0 aliphatic carbocycles. The smallest absolute Gasteiger partial charge is 0.348 e. The number of methoxy groups -OCH3 is 2. The number of nitrogens with zero attached hydrogens (tertiary/aromatic N) is 3. The van der Waals surface area contributed by atoms with Gasteiger partial charge in [0.15, 0.2) is 10.7 Å². The van der Waals surface area contributed by atoms with Crippen LogP contribution in [-0.4, -0.2) is 55.8 Å². The average Bonchev–Trinajstić information content (AvgIpc) is 2.67. The largest absolute Gasteiger partial charge is 0.495 e. The summed E-state index contributed by atoms with van der Waals surface area (Å²) in [5.41, 5.74) is 2.45. The molecule has 0 radical (unpaired) electrons. The molecule has 0 spiro atoms. The number of para-hydroxylation sites is 2. The van der Waals surface area contributed by atoms with Gasteiger partial charge in [-0.15, -0.1) is 11.3 Å². The molecule has 1 N–H and O–H groups in total. The molecule has 10 heteroatoms. The molecule has 1 heterocycles. The Morgan fingerprint density at radius 3 is 2.56 bits per heavy atom. The quantitative estimate of drug-likeness (QED) is 0.448. The van der Waals surface area contributed by atoms with Crippen molar-refractivity contribution in [2.45, 2.75) is 0 Å². The lowest BCUT2D eigenvalue weighted by Crippen LogP contribution is -2.32. The zero-order valence-corrected chi connectivity index (χ0v) is 16.0. The van der Waals surface area contributed by atoms with Crippen molar-refractivity contribution >= 4 is 34.6 Å². The van der Waals surface area contributed by atoms with Crippen molar-refractivity contribution in [3.05, 3.63) is 50.6 Å². The molecule has 0 fully saturated rings. The molecule has 2 rings (SSSR count). The maximum atomic E-state index is 12.6. The van der Waals surface area contributed by atoms with E-state index in [1.165, 1.54) is 33.2 Å². The highest BCUT2D eigenvalue weighted by Gasteiger charge is 2.22. The Bertz CT molecular complexity index is 939. The number of hydrogen-bond acceptors (Lipinski definition) is 9. The summed E-state index contributed by atoms with van der Waals surface area (Å²) in [6.07, 6.45) is 0. The van der Waals surface area contributed by atoms with Crippen LogP contribution in [0.4, 0.5) is 5.69 Å². The lowest BCUT2D eigenvalue weighted by Gasteiger charge is -2.13. The Balaban J connectivity index is 2.53. The van der Waals surface area contributed by atoms with E-state index in [0.29, 0.717) is 11.4 Å². The molecule has 2 aromatic rings. The predicted octanol–water partition coefficient (Wildman–Crippen LogP) is 1.20. The summed E-state index contributed by atoms with van der Waals surface area (Å²) in [6.45, 7) is 0. The Hall–Kier alpha value is -3.27. The molecule has 0 saturated heterocycles. The monoisotopic (exact) mass is 390 g/mol. The van der Waals surface area contributed by atoms with Crippen LogP contribution in [0.1, 0.15) is 14.7 Å². The van der Waals surface area contributed by atoms with Gasteiger partial charge in [0.25, 0.3) is 11.5 Å². The number of benzene rings is 1. The van der Waals surface area contributed by atoms with E-state index in [0.717, 1.165) is 17.4 Å². The van der Waals surface area contributed by atoms with Crippen LogP contribution in [0.15, 0.2) is 40.2 Å². The highest BCUT2D eigenvalue weighted by Crippen LogP contribution is 2.23. The van der Waals surface area contributed by atoms with Crippen LogP contribution in [0.3, 0.4) is 0 Å². The van der Waals surface area contributed by atoms with E-state index >= 15 is 0 Å². The summed E-state index contributed by atoms with van der Waals surface area (Å²) in [4.78, 5) is 41.3. The Morgan fingerprint density at radius 2 is 1.93 bits per heavy atom. The van der Waals surface area contributed by atoms with Crippen LogP contribution in [0.5, 0.6) is 5.75 Å². The fraction of sp³-hybridized carbons (Fsp3) is 0.235. The maximum Gasteiger partial charge on any atom is 0.348 e. The zero-order valence-electron chi connectivity index (χ0n) is 15.2. The van der Waals surface area contributed by atoms with Gasteiger partial charge in [0.2, 0.25) is 0 Å². The molecule has 0 atom stereocenters. The van der Waals surface area contributed by atoms with Crippen LogP contribution in [-0.2, 0) is 9.53 Å². The highest BCUT2D eigenvalue weighted by atomic mass is 32.1. The minimum Gasteiger partial charge on any atom is -0.495 e. The molecule has 9 nitrogen and oxygen atoms in total. The minimum absolute atomic E-state index is 0.0102. The number of hydrazone groups is 1. The molecule has 0 saturated carbocycles. The second-order valence-electron chi connectivity index (χ2n) is 5.33. The molecule has 0 aliphatic rings. The van der Waals surface area contributed by atoms with Crippen molar-refractivity contribution in [2.75, 3.05) is 33.7 Å². The van der Waals surface area contributed by atoms with Crippen LogP contribution in [0.25, 0.3) is 0 Å². The number of anilines is 1. The van der Waals surface area contributed by atoms with Gasteiger partial charge in [0, 0.05) is 20.2 Å². The van der Waals surface area contributed by atoms with Gasteiger partial charge in [-0.1, -0.05) is 12.1 Å². The first-order valence-electron chi connectivity index (χ1n) is 7.66. The van der Waals surface area contributed by atoms with Crippen molar-refractivity contribution in [2.24, 2.45) is 5.10 Å². The van der Waals surface area contributed by atoms with Crippen molar-refractivity contribution < 1.29 is 19.1 Å². The number of esters is 1. The number of amides is 1. The first-order valence-corrected chi connectivity index (χ1v) is 8.48. The van der Waals surface area contributed by atoms with Crippen molar-refractivity contribution in [1.29, 1.82) is 0 Å². The molecule has 27 heavy (non-hydrogen) atoms. The number of hydrogen-bond donors (Lipinski definition) is 1. The standard InChI is InChI=1S/C17H18N4O5S/c1-21(2)16(23)14(20-19-10-7-5-6-8-11(10)25-3)15-18-13(22)9-12(27-15)17(24)26-4/h5-9,19H,1-4H3/b20-14-. The number of aromatic nitrogens is 1. The summed E-state index contributed by atoms with van der Waals surface area (Å²) in [5, 5.41) is 4.10. The van der Waals surface area contributed by atoms with Gasteiger partial charge in [0.05, 0.1) is 19.9 Å². The molecule has 1 aromatic carbocycles. The molecule has 1 amide bonds. The Kier molecular flexibility index (Phi) is 6.61. The van der Waals surface area contributed by atoms with Crippen LogP contribution in [0.2, 0.25) is 0 Å². The van der Waals surface area contributed by atoms with Gasteiger partial charge < -0.3 is 14.4 Å². The van der Waals surface area contributed by atoms with Gasteiger partial charge >= 0.3 is 5.97 Å². The van der Waals surface area contributed by atoms with Gasteiger partial charge in [-0.2, -0.15) is 10.1 Å². The molecule has 0 unspecified atom stereocenters. The van der Waals surface area contributed by atoms with Gasteiger partial charge in [-0.3, -0.25) is 15.0 Å². The number of carbonyl (C=O) groups is 2. The van der Waals surface area contributed by atoms with Crippen LogP contribution >= 0.6 is 11.3 Å². The molecule has 142 valence electrons. The summed E-state index contributed by atoms with van der Waals surface area (Å²) >= 11 is 0.833. The van der Waals surface area contributed by atoms with Crippen molar-refractivity contribution in [3.63, 3.8) is 0 Å². The third-order valence-corrected chi connectivity index (χ3v) is 4.25. The van der Waals surface area contributed by atoms with E-state index < -0.39 is 17.4 Å². The summed E-state index contributed by atoms with van der Waals surface area (Å²) < 4.78 is 9.86. The number of likely N-dealkylation sites (N-methyl/N-ethyl adjacent to an activating group) is 1. The number of carbonyl (C=O) groups excluding carboxylic acids is 2. The van der Waals surface area contributed by atoms with E-state index in [2.05, 4.69) is 20.2 Å². The predicted molar refractivity (Wildman–Crippen MR) is 102 cm³/mol. The fourth-order valence-corrected chi connectivity index (χ4v) is 2.86. The third-order valence-electron chi connectivity index (χ3n) is 3.27. The van der Waals surface area contributed by atoms with E-state index in [-0.39, 0.29) is 15.6 Å². The van der Waals surface area contributed by atoms with E-state index in [4.69, 9.17) is 4.74 Å². The normalized spacial score (nSPS) is 10.9. The lowest BCUT2D eigenvalue weighted by molar-refractivity contribution is -0.121.